The van der Waals surface area contributed by atoms with Gasteiger partial charge in [-0.15, -0.1) is 0 Å². The molecule has 1 aliphatic carbocycles. The van der Waals surface area contributed by atoms with Crippen molar-refractivity contribution < 1.29 is 99.6 Å². The second kappa shape index (κ2) is 14.0. The van der Waals surface area contributed by atoms with Crippen LogP contribution in [0.1, 0.15) is 26.2 Å². The van der Waals surface area contributed by atoms with Crippen LogP contribution >= 0.6 is 0 Å². The van der Waals surface area contributed by atoms with Crippen molar-refractivity contribution in [3.63, 3.8) is 0 Å². The summed E-state index contributed by atoms with van der Waals surface area (Å²) in [5, 5.41) is 0. The molecule has 3 atom stereocenters. The smallest absolute Gasteiger partial charge is 0.460 e. The van der Waals surface area contributed by atoms with Crippen molar-refractivity contribution in [1.82, 2.24) is 0 Å². The number of esters is 4. The van der Waals surface area contributed by atoms with Crippen LogP contribution in [0.25, 0.3) is 0 Å². The molecular weight excluding hydrogens is 670 g/mol. The van der Waals surface area contributed by atoms with Crippen LogP contribution in [0.4, 0.5) is 61.5 Å². The third-order valence-electron chi connectivity index (χ3n) is 6.12. The van der Waals surface area contributed by atoms with Crippen molar-refractivity contribution in [3.05, 3.63) is 12.2 Å². The SMILES string of the molecule is C=C(C)C(=O)OCCOC(=O)C1CCC(C(=O)OCC(F)(F)C(F)(F)C(F)(F)F)C(C(=O)OCC(F)(F)C(F)(F)C(F)(F)F)C1. The molecule has 8 nitrogen and oxygen atoms in total. The molecule has 1 rings (SSSR count). The minimum atomic E-state index is -6.85. The number of hydrogen-bond donors (Lipinski definition) is 0. The van der Waals surface area contributed by atoms with E-state index in [1.54, 1.807) is 0 Å². The Morgan fingerprint density at radius 3 is 1.40 bits per heavy atom. The summed E-state index contributed by atoms with van der Waals surface area (Å²) in [6, 6.07) is 0. The molecule has 0 aromatic heterocycles. The van der Waals surface area contributed by atoms with Crippen molar-refractivity contribution in [2.45, 2.75) is 62.2 Å². The molecule has 1 aliphatic rings. The van der Waals surface area contributed by atoms with E-state index in [-0.39, 0.29) is 5.57 Å². The molecule has 0 aromatic rings. The summed E-state index contributed by atoms with van der Waals surface area (Å²) in [7, 11) is 0. The molecule has 260 valence electrons. The summed E-state index contributed by atoms with van der Waals surface area (Å²) >= 11 is 0. The first kappa shape index (κ1) is 39.7. The Morgan fingerprint density at radius 2 is 1.00 bits per heavy atom. The fraction of sp³-hybridized carbons (Fsp3) is 0.739. The summed E-state index contributed by atoms with van der Waals surface area (Å²) in [5.41, 5.74) is -0.0497. The van der Waals surface area contributed by atoms with E-state index in [4.69, 9.17) is 4.74 Å². The van der Waals surface area contributed by atoms with Gasteiger partial charge in [0.25, 0.3) is 0 Å². The third kappa shape index (κ3) is 9.33. The first-order valence-electron chi connectivity index (χ1n) is 12.1. The Bertz CT molecular complexity index is 1120. The molecule has 0 bridgehead atoms. The predicted octanol–water partition coefficient (Wildman–Crippen LogP) is 5.43. The Kier molecular flexibility index (Phi) is 12.3. The number of rotatable bonds is 13. The highest BCUT2D eigenvalue weighted by Gasteiger charge is 2.74. The third-order valence-corrected chi connectivity index (χ3v) is 6.12. The van der Waals surface area contributed by atoms with Crippen molar-refractivity contribution in [1.29, 1.82) is 0 Å². The fourth-order valence-corrected chi connectivity index (χ4v) is 3.58. The van der Waals surface area contributed by atoms with Crippen LogP contribution < -0.4 is 0 Å². The van der Waals surface area contributed by atoms with E-state index in [1.165, 1.54) is 6.92 Å². The van der Waals surface area contributed by atoms with E-state index in [0.29, 0.717) is 0 Å². The number of ether oxygens (including phenoxy) is 4. The predicted molar refractivity (Wildman–Crippen MR) is 115 cm³/mol. The van der Waals surface area contributed by atoms with Gasteiger partial charge < -0.3 is 18.9 Å². The van der Waals surface area contributed by atoms with Crippen LogP contribution in [0.2, 0.25) is 0 Å². The van der Waals surface area contributed by atoms with E-state index >= 15 is 0 Å². The molecule has 0 radical (unpaired) electrons. The summed E-state index contributed by atoms with van der Waals surface area (Å²) in [6.07, 6.45) is -16.2. The molecule has 0 spiro atoms. The van der Waals surface area contributed by atoms with Crippen LogP contribution in [0.5, 0.6) is 0 Å². The highest BCUT2D eigenvalue weighted by atomic mass is 19.4. The molecule has 1 fully saturated rings. The molecule has 22 heteroatoms. The van der Waals surface area contributed by atoms with Crippen LogP contribution in [0, 0.1) is 17.8 Å². The van der Waals surface area contributed by atoms with Crippen LogP contribution in [-0.2, 0) is 38.1 Å². The summed E-state index contributed by atoms with van der Waals surface area (Å²) in [5.74, 6) is -38.3. The fourth-order valence-electron chi connectivity index (χ4n) is 3.58. The molecule has 1 saturated carbocycles. The summed E-state index contributed by atoms with van der Waals surface area (Å²) in [4.78, 5) is 48.5. The van der Waals surface area contributed by atoms with Gasteiger partial charge in [-0.3, -0.25) is 14.4 Å². The van der Waals surface area contributed by atoms with E-state index < -0.39 is 123 Å². The van der Waals surface area contributed by atoms with Crippen molar-refractivity contribution in [3.8, 4) is 0 Å². The van der Waals surface area contributed by atoms with E-state index in [1.807, 2.05) is 0 Å². The molecule has 0 aliphatic heterocycles. The number of halogens is 14. The Morgan fingerprint density at radius 1 is 0.600 bits per heavy atom. The maximum atomic E-state index is 13.6. The van der Waals surface area contributed by atoms with Gasteiger partial charge in [-0.05, 0) is 26.2 Å². The lowest BCUT2D eigenvalue weighted by atomic mass is 9.74. The van der Waals surface area contributed by atoms with Gasteiger partial charge in [0.1, 0.15) is 13.2 Å². The van der Waals surface area contributed by atoms with Crippen molar-refractivity contribution in [2.75, 3.05) is 26.4 Å². The molecule has 0 saturated heterocycles. The minimum absolute atomic E-state index is 0.0497. The minimum Gasteiger partial charge on any atom is -0.462 e. The van der Waals surface area contributed by atoms with Gasteiger partial charge in [-0.25, -0.2) is 4.79 Å². The number of carbonyl (C=O) groups excluding carboxylic acids is 4. The molecular formula is C23H22F14O8. The zero-order chi connectivity index (χ0) is 35.4. The molecule has 0 aromatic carbocycles. The van der Waals surface area contributed by atoms with E-state index in [9.17, 15) is 80.6 Å². The Balaban J connectivity index is 3.14. The lowest BCUT2D eigenvalue weighted by Crippen LogP contribution is -2.55. The lowest BCUT2D eigenvalue weighted by Gasteiger charge is -2.34. The first-order valence-corrected chi connectivity index (χ1v) is 12.1. The molecule has 3 unspecified atom stereocenters. The second-order valence-corrected chi connectivity index (χ2v) is 9.58. The molecule has 0 N–H and O–H groups in total. The standard InChI is InChI=1S/C23H22F14O8/c1-10(2)14(38)42-5-6-43-15(39)11-3-4-12(16(40)44-8-18(24,25)20(28,29)22(32,33)34)13(7-11)17(41)45-9-19(26,27)21(30,31)23(35,36)37/h11-13H,1,3-9H2,2H3. The topological polar surface area (TPSA) is 105 Å². The molecule has 0 heterocycles. The maximum absolute atomic E-state index is 13.6. The highest BCUT2D eigenvalue weighted by molar-refractivity contribution is 5.87. The number of alkyl halides is 14. The Labute approximate surface area is 242 Å². The van der Waals surface area contributed by atoms with Gasteiger partial charge >= 0.3 is 59.9 Å². The first-order chi connectivity index (χ1) is 20.1. The van der Waals surface area contributed by atoms with Crippen molar-refractivity contribution in [2.24, 2.45) is 17.8 Å². The van der Waals surface area contributed by atoms with Gasteiger partial charge in [-0.1, -0.05) is 6.58 Å². The van der Waals surface area contributed by atoms with Crippen LogP contribution in [0.15, 0.2) is 12.2 Å². The largest absolute Gasteiger partial charge is 0.462 e. The number of carbonyl (C=O) groups is 4. The highest BCUT2D eigenvalue weighted by Crippen LogP contribution is 2.48. The van der Waals surface area contributed by atoms with Gasteiger partial charge in [0.15, 0.2) is 13.2 Å². The molecule has 0 amide bonds. The maximum Gasteiger partial charge on any atom is 0.460 e. The monoisotopic (exact) mass is 692 g/mol. The average Bonchev–Trinajstić information content (AvgIpc) is 2.90. The van der Waals surface area contributed by atoms with Gasteiger partial charge in [-0.2, -0.15) is 61.5 Å². The van der Waals surface area contributed by atoms with Gasteiger partial charge in [0.05, 0.1) is 17.8 Å². The van der Waals surface area contributed by atoms with Gasteiger partial charge in [0, 0.05) is 5.57 Å². The average molecular weight is 692 g/mol. The lowest BCUT2D eigenvalue weighted by molar-refractivity contribution is -0.360. The van der Waals surface area contributed by atoms with Crippen LogP contribution in [0.3, 0.4) is 0 Å². The second-order valence-electron chi connectivity index (χ2n) is 9.58. The van der Waals surface area contributed by atoms with Crippen molar-refractivity contribution >= 4 is 23.9 Å². The molecule has 45 heavy (non-hydrogen) atoms. The van der Waals surface area contributed by atoms with Gasteiger partial charge in [0.2, 0.25) is 0 Å². The van der Waals surface area contributed by atoms with Crippen LogP contribution in [-0.4, -0.2) is 86.3 Å². The van der Waals surface area contributed by atoms with E-state index in [0.717, 1.165) is 0 Å². The number of hydrogen-bond acceptors (Lipinski definition) is 8. The summed E-state index contributed by atoms with van der Waals surface area (Å²) in [6.45, 7) is -2.59. The zero-order valence-electron chi connectivity index (χ0n) is 22.4. The summed E-state index contributed by atoms with van der Waals surface area (Å²) < 4.78 is 198. The Hall–Kier alpha value is -3.36. The van der Waals surface area contributed by atoms with E-state index in [2.05, 4.69) is 20.8 Å². The normalized spacial score (nSPS) is 20.2. The zero-order valence-corrected chi connectivity index (χ0v) is 22.4. The quantitative estimate of drug-likeness (QED) is 0.0828.